The van der Waals surface area contributed by atoms with E-state index in [0.29, 0.717) is 48.8 Å². The van der Waals surface area contributed by atoms with Crippen LogP contribution >= 0.6 is 0 Å². The third-order valence-electron chi connectivity index (χ3n) is 6.28. The van der Waals surface area contributed by atoms with E-state index in [1.807, 2.05) is 13.0 Å². The largest absolute Gasteiger partial charge is 0.378 e. The third kappa shape index (κ3) is 3.67. The number of aromatic nitrogens is 6. The zero-order valence-electron chi connectivity index (χ0n) is 22.4. The summed E-state index contributed by atoms with van der Waals surface area (Å²) in [5.41, 5.74) is 1.84. The predicted molar refractivity (Wildman–Crippen MR) is 128 cm³/mol. The van der Waals surface area contributed by atoms with E-state index < -0.39 is 6.98 Å². The van der Waals surface area contributed by atoms with Crippen LogP contribution in [0.3, 0.4) is 0 Å². The fraction of sp³-hybridized carbons (Fsp3) is 0.391. The van der Waals surface area contributed by atoms with Crippen LogP contribution in [0.5, 0.6) is 0 Å². The van der Waals surface area contributed by atoms with Crippen molar-refractivity contribution in [2.45, 2.75) is 13.3 Å². The van der Waals surface area contributed by atoms with Crippen molar-refractivity contribution in [3.63, 3.8) is 0 Å². The van der Waals surface area contributed by atoms with Crippen molar-refractivity contribution in [1.29, 1.82) is 0 Å². The fourth-order valence-corrected chi connectivity index (χ4v) is 4.18. The Hall–Kier alpha value is -3.86. The average Bonchev–Trinajstić information content (AvgIpc) is 3.46. The Morgan fingerprint density at radius 2 is 2.15 bits per heavy atom. The smallest absolute Gasteiger partial charge is 0.228 e. The van der Waals surface area contributed by atoms with Gasteiger partial charge in [-0.15, -0.1) is 15.3 Å². The van der Waals surface area contributed by atoms with Crippen molar-refractivity contribution >= 4 is 39.8 Å². The summed E-state index contributed by atoms with van der Waals surface area (Å²) in [7, 11) is 0. The standard InChI is InChI=1S/C23H25N9O2/c1-13-9-15(13)23(33)26-18-10-16-17(11-25-22(24-2)20(16)29-28-18)21-27-19-4-3-14(12-32(19)30-21)31-5-7-34-8-6-31/h3-4,10-13,15H,5-9H2,1-2H3,(H,24,25)(H,26,28,33)/t13-,15+/m1/s1/i2D3,12D. The summed E-state index contributed by atoms with van der Waals surface area (Å²) in [5.74, 6) is 0.646. The van der Waals surface area contributed by atoms with E-state index >= 15 is 0 Å². The first-order valence-corrected chi connectivity index (χ1v) is 11.1. The molecule has 0 radical (unpaired) electrons. The van der Waals surface area contributed by atoms with Crippen LogP contribution in [0, 0.1) is 11.8 Å². The lowest BCUT2D eigenvalue weighted by molar-refractivity contribution is -0.117. The van der Waals surface area contributed by atoms with Crippen LogP contribution in [0.2, 0.25) is 0 Å². The summed E-state index contributed by atoms with van der Waals surface area (Å²) in [6, 6.07) is 5.25. The van der Waals surface area contributed by atoms with Gasteiger partial charge in [-0.05, 0) is 30.5 Å². The summed E-state index contributed by atoms with van der Waals surface area (Å²) >= 11 is 0. The SMILES string of the molecule is [2H]c1c(N2CCOCC2)ccc2nc(-c3cnc(NC([2H])([2H])[2H])c4nnc(NC(=O)[C@H]5C[C@H]5C)cc34)nn12. The van der Waals surface area contributed by atoms with Crippen LogP contribution < -0.4 is 15.5 Å². The topological polar surface area (TPSA) is 122 Å². The van der Waals surface area contributed by atoms with Crippen LogP contribution in [0.15, 0.2) is 30.6 Å². The molecule has 5 heterocycles. The number of ether oxygens (including phenoxy) is 1. The number of hydrogen-bond donors (Lipinski definition) is 2. The predicted octanol–water partition coefficient (Wildman–Crippen LogP) is 2.21. The van der Waals surface area contributed by atoms with Gasteiger partial charge in [0.2, 0.25) is 5.91 Å². The molecule has 1 aliphatic heterocycles. The highest BCUT2D eigenvalue weighted by atomic mass is 16.5. The van der Waals surface area contributed by atoms with E-state index in [9.17, 15) is 4.79 Å². The molecule has 1 amide bonds. The number of fused-ring (bicyclic) bond motifs is 2. The number of amides is 1. The molecular weight excluding hydrogens is 434 g/mol. The van der Waals surface area contributed by atoms with Gasteiger partial charge in [-0.3, -0.25) is 4.79 Å². The quantitative estimate of drug-likeness (QED) is 0.458. The van der Waals surface area contributed by atoms with Gasteiger partial charge in [0.25, 0.3) is 0 Å². The maximum Gasteiger partial charge on any atom is 0.228 e. The van der Waals surface area contributed by atoms with Gasteiger partial charge < -0.3 is 20.3 Å². The zero-order chi connectivity index (χ0) is 26.6. The minimum Gasteiger partial charge on any atom is -0.378 e. The molecule has 174 valence electrons. The number of pyridine rings is 2. The number of anilines is 3. The molecule has 0 bridgehead atoms. The van der Waals surface area contributed by atoms with Gasteiger partial charge >= 0.3 is 0 Å². The van der Waals surface area contributed by atoms with Crippen molar-refractivity contribution in [3.8, 4) is 11.4 Å². The second-order valence-electron chi connectivity index (χ2n) is 8.58. The molecule has 1 saturated heterocycles. The zero-order valence-corrected chi connectivity index (χ0v) is 18.4. The van der Waals surface area contributed by atoms with Crippen molar-refractivity contribution in [3.05, 3.63) is 30.6 Å². The molecule has 2 fully saturated rings. The number of morpholine rings is 1. The summed E-state index contributed by atoms with van der Waals surface area (Å²) in [6.07, 6.45) is 2.46. The Bertz CT molecular complexity index is 1550. The third-order valence-corrected chi connectivity index (χ3v) is 6.28. The molecule has 0 unspecified atom stereocenters. The molecule has 0 aromatic carbocycles. The lowest BCUT2D eigenvalue weighted by Crippen LogP contribution is -2.36. The molecule has 1 aliphatic carbocycles. The Labute approximate surface area is 201 Å². The second kappa shape index (κ2) is 8.17. The van der Waals surface area contributed by atoms with E-state index in [0.717, 1.165) is 12.1 Å². The Balaban J connectivity index is 1.44. The maximum atomic E-state index is 12.5. The number of rotatable bonds is 5. The normalized spacial score (nSPS) is 22.1. The van der Waals surface area contributed by atoms with E-state index in [1.54, 1.807) is 12.1 Å². The van der Waals surface area contributed by atoms with E-state index in [1.165, 1.54) is 10.7 Å². The van der Waals surface area contributed by atoms with Gasteiger partial charge in [-0.25, -0.2) is 14.5 Å². The first-order chi connectivity index (χ1) is 18.2. The molecule has 2 N–H and O–H groups in total. The number of nitrogens with zero attached hydrogens (tertiary/aromatic N) is 7. The van der Waals surface area contributed by atoms with Crippen LogP contribution in [-0.2, 0) is 9.53 Å². The summed E-state index contributed by atoms with van der Waals surface area (Å²) in [6.45, 7) is 2.04. The van der Waals surface area contributed by atoms with Crippen molar-refractivity contribution < 1.29 is 15.0 Å². The van der Waals surface area contributed by atoms with Crippen LogP contribution in [0.1, 0.15) is 18.8 Å². The average molecular weight is 464 g/mol. The molecule has 4 aromatic rings. The monoisotopic (exact) mass is 463 g/mol. The van der Waals surface area contributed by atoms with Crippen molar-refractivity contribution in [2.24, 2.45) is 11.8 Å². The van der Waals surface area contributed by atoms with Crippen LogP contribution in [0.4, 0.5) is 17.3 Å². The molecule has 6 rings (SSSR count). The van der Waals surface area contributed by atoms with Gasteiger partial charge in [0, 0.05) is 47.2 Å². The molecule has 2 aliphatic rings. The minimum atomic E-state index is -2.50. The van der Waals surface area contributed by atoms with Gasteiger partial charge in [-0.1, -0.05) is 6.92 Å². The van der Waals surface area contributed by atoms with Crippen molar-refractivity contribution in [2.75, 3.05) is 48.8 Å². The molecule has 34 heavy (non-hydrogen) atoms. The summed E-state index contributed by atoms with van der Waals surface area (Å²) in [4.78, 5) is 23.5. The van der Waals surface area contributed by atoms with Gasteiger partial charge in [0.1, 0.15) is 5.52 Å². The molecule has 1 saturated carbocycles. The molecule has 4 aromatic heterocycles. The number of hydrogen-bond acceptors (Lipinski definition) is 9. The Morgan fingerprint density at radius 1 is 1.29 bits per heavy atom. The highest BCUT2D eigenvalue weighted by molar-refractivity contribution is 6.01. The van der Waals surface area contributed by atoms with E-state index in [2.05, 4.69) is 40.8 Å². The molecule has 11 heteroatoms. The lowest BCUT2D eigenvalue weighted by Gasteiger charge is -2.28. The second-order valence-corrected chi connectivity index (χ2v) is 8.58. The summed E-state index contributed by atoms with van der Waals surface area (Å²) in [5, 5.41) is 18.5. The summed E-state index contributed by atoms with van der Waals surface area (Å²) < 4.78 is 38.4. The van der Waals surface area contributed by atoms with E-state index in [4.69, 9.17) is 10.2 Å². The van der Waals surface area contributed by atoms with Crippen molar-refractivity contribution in [1.82, 2.24) is 29.8 Å². The first kappa shape index (κ1) is 16.7. The Morgan fingerprint density at radius 3 is 2.94 bits per heavy atom. The maximum absolute atomic E-state index is 12.5. The van der Waals surface area contributed by atoms with Crippen LogP contribution in [0.25, 0.3) is 27.9 Å². The van der Waals surface area contributed by atoms with Crippen LogP contribution in [-0.4, -0.2) is 69.0 Å². The van der Waals surface area contributed by atoms with Gasteiger partial charge in [0.05, 0.1) is 26.4 Å². The Kier molecular flexibility index (Phi) is 4.02. The molecule has 2 atom stereocenters. The molecular formula is C23H25N9O2. The minimum absolute atomic E-state index is 0.0180. The first-order valence-electron chi connectivity index (χ1n) is 13.1. The lowest BCUT2D eigenvalue weighted by atomic mass is 10.1. The van der Waals surface area contributed by atoms with Gasteiger partial charge in [0.15, 0.2) is 23.1 Å². The number of nitrogens with one attached hydrogen (secondary N) is 2. The van der Waals surface area contributed by atoms with Gasteiger partial charge in [-0.2, -0.15) is 0 Å². The molecule has 11 nitrogen and oxygen atoms in total. The number of carbonyl (C=O) groups excluding carboxylic acids is 1. The molecule has 0 spiro atoms. The highest BCUT2D eigenvalue weighted by Crippen LogP contribution is 2.38. The highest BCUT2D eigenvalue weighted by Gasteiger charge is 2.39. The fourth-order valence-electron chi connectivity index (χ4n) is 4.18. The number of carbonyl (C=O) groups is 1. The van der Waals surface area contributed by atoms with E-state index in [-0.39, 0.29) is 41.0 Å².